The SMILES string of the molecule is CCNC(=NCc1nc(C(F)(F)F)cs1)N1CCC2(CCC2)C1. The number of nitrogens with zero attached hydrogens (tertiary/aromatic N) is 3. The summed E-state index contributed by atoms with van der Waals surface area (Å²) >= 11 is 1.01. The van der Waals surface area contributed by atoms with Gasteiger partial charge in [0.25, 0.3) is 0 Å². The van der Waals surface area contributed by atoms with Crippen LogP contribution in [0.5, 0.6) is 0 Å². The second kappa shape index (κ2) is 6.30. The first-order valence-electron chi connectivity index (χ1n) is 7.97. The van der Waals surface area contributed by atoms with Crippen molar-refractivity contribution in [2.75, 3.05) is 19.6 Å². The third-order valence-corrected chi connectivity index (χ3v) is 5.53. The first-order valence-corrected chi connectivity index (χ1v) is 8.85. The van der Waals surface area contributed by atoms with Gasteiger partial charge in [-0.3, -0.25) is 0 Å². The highest BCUT2D eigenvalue weighted by atomic mass is 32.1. The van der Waals surface area contributed by atoms with Crippen LogP contribution in [0.4, 0.5) is 13.2 Å². The topological polar surface area (TPSA) is 40.5 Å². The number of thiazole rings is 1. The molecule has 1 aromatic heterocycles. The zero-order valence-electron chi connectivity index (χ0n) is 13.1. The number of alkyl halides is 3. The van der Waals surface area contributed by atoms with Gasteiger partial charge in [0, 0.05) is 25.0 Å². The quantitative estimate of drug-likeness (QED) is 0.673. The first-order chi connectivity index (χ1) is 10.9. The summed E-state index contributed by atoms with van der Waals surface area (Å²) in [6.07, 6.45) is 0.678. The summed E-state index contributed by atoms with van der Waals surface area (Å²) in [6, 6.07) is 0. The highest BCUT2D eigenvalue weighted by Crippen LogP contribution is 2.47. The molecule has 0 radical (unpaired) electrons. The standard InChI is InChI=1S/C15H21F3N4S/c1-2-19-13(22-7-6-14(10-22)4-3-5-14)20-8-12-21-11(9-23-12)15(16,17)18/h9H,2-8,10H2,1H3,(H,19,20). The van der Waals surface area contributed by atoms with Crippen LogP contribution in [0.3, 0.4) is 0 Å². The number of likely N-dealkylation sites (tertiary alicyclic amines) is 1. The van der Waals surface area contributed by atoms with Gasteiger partial charge in [0.05, 0.1) is 6.54 Å². The lowest BCUT2D eigenvalue weighted by atomic mass is 9.68. The monoisotopic (exact) mass is 346 g/mol. The van der Waals surface area contributed by atoms with Gasteiger partial charge in [-0.05, 0) is 31.6 Å². The number of hydrogen-bond donors (Lipinski definition) is 1. The average molecular weight is 346 g/mol. The average Bonchev–Trinajstić information content (AvgIpc) is 3.09. The fraction of sp³-hybridized carbons (Fsp3) is 0.733. The molecule has 1 aromatic rings. The summed E-state index contributed by atoms with van der Waals surface area (Å²) in [6.45, 7) is 4.90. The molecule has 128 valence electrons. The van der Waals surface area contributed by atoms with Crippen LogP contribution in [-0.4, -0.2) is 35.5 Å². The van der Waals surface area contributed by atoms with Crippen LogP contribution >= 0.6 is 11.3 Å². The molecule has 2 fully saturated rings. The van der Waals surface area contributed by atoms with E-state index in [2.05, 4.69) is 20.2 Å². The molecule has 3 rings (SSSR count). The molecular formula is C15H21F3N4S. The van der Waals surface area contributed by atoms with Gasteiger partial charge in [-0.25, -0.2) is 9.98 Å². The van der Waals surface area contributed by atoms with Gasteiger partial charge in [-0.2, -0.15) is 13.2 Å². The van der Waals surface area contributed by atoms with Crippen LogP contribution in [0, 0.1) is 5.41 Å². The lowest BCUT2D eigenvalue weighted by molar-refractivity contribution is -0.140. The van der Waals surface area contributed by atoms with Crippen molar-refractivity contribution in [3.05, 3.63) is 16.1 Å². The maximum absolute atomic E-state index is 12.6. The number of aromatic nitrogens is 1. The molecule has 0 aromatic carbocycles. The molecule has 0 bridgehead atoms. The second-order valence-corrected chi connectivity index (χ2v) is 7.26. The van der Waals surface area contributed by atoms with Crippen molar-refractivity contribution in [1.82, 2.24) is 15.2 Å². The number of halogens is 3. The Kier molecular flexibility index (Phi) is 4.53. The predicted octanol–water partition coefficient (Wildman–Crippen LogP) is 3.50. The Hall–Kier alpha value is -1.31. The van der Waals surface area contributed by atoms with Crippen LogP contribution in [0.1, 0.15) is 43.3 Å². The number of nitrogens with one attached hydrogen (secondary N) is 1. The molecule has 23 heavy (non-hydrogen) atoms. The van der Waals surface area contributed by atoms with Crippen molar-refractivity contribution in [1.29, 1.82) is 0 Å². The van der Waals surface area contributed by atoms with Gasteiger partial charge in [0.2, 0.25) is 0 Å². The summed E-state index contributed by atoms with van der Waals surface area (Å²) in [7, 11) is 0. The van der Waals surface area contributed by atoms with Crippen molar-refractivity contribution < 1.29 is 13.2 Å². The van der Waals surface area contributed by atoms with E-state index in [4.69, 9.17) is 0 Å². The van der Waals surface area contributed by atoms with Crippen LogP contribution in [0.25, 0.3) is 0 Å². The minimum atomic E-state index is -4.38. The minimum Gasteiger partial charge on any atom is -0.357 e. The summed E-state index contributed by atoms with van der Waals surface area (Å²) in [5, 5.41) is 4.69. The Bertz CT molecular complexity index is 578. The number of aliphatic imine (C=N–C) groups is 1. The second-order valence-electron chi connectivity index (χ2n) is 6.32. The van der Waals surface area contributed by atoms with Gasteiger partial charge in [-0.15, -0.1) is 11.3 Å². The van der Waals surface area contributed by atoms with E-state index in [1.807, 2.05) is 6.92 Å². The molecule has 0 unspecified atom stereocenters. The molecule has 2 heterocycles. The summed E-state index contributed by atoms with van der Waals surface area (Å²) in [5.41, 5.74) is -0.367. The smallest absolute Gasteiger partial charge is 0.357 e. The summed E-state index contributed by atoms with van der Waals surface area (Å²) in [4.78, 5) is 10.4. The van der Waals surface area contributed by atoms with E-state index in [0.29, 0.717) is 10.4 Å². The Morgan fingerprint density at radius 3 is 2.74 bits per heavy atom. The van der Waals surface area contributed by atoms with E-state index in [-0.39, 0.29) is 6.54 Å². The van der Waals surface area contributed by atoms with E-state index in [1.165, 1.54) is 25.7 Å². The molecule has 1 N–H and O–H groups in total. The van der Waals surface area contributed by atoms with Crippen molar-refractivity contribution in [3.8, 4) is 0 Å². The van der Waals surface area contributed by atoms with Gasteiger partial charge in [0.1, 0.15) is 5.01 Å². The van der Waals surface area contributed by atoms with Crippen molar-refractivity contribution in [2.24, 2.45) is 10.4 Å². The van der Waals surface area contributed by atoms with Crippen LogP contribution < -0.4 is 5.32 Å². The molecule has 4 nitrogen and oxygen atoms in total. The van der Waals surface area contributed by atoms with Crippen LogP contribution in [-0.2, 0) is 12.7 Å². The van der Waals surface area contributed by atoms with Gasteiger partial charge in [-0.1, -0.05) is 6.42 Å². The Balaban J connectivity index is 1.66. The molecule has 8 heteroatoms. The van der Waals surface area contributed by atoms with E-state index >= 15 is 0 Å². The minimum absolute atomic E-state index is 0.187. The fourth-order valence-corrected chi connectivity index (χ4v) is 4.01. The van der Waals surface area contributed by atoms with Crippen molar-refractivity contribution >= 4 is 17.3 Å². The van der Waals surface area contributed by atoms with Crippen molar-refractivity contribution in [2.45, 2.75) is 45.3 Å². The normalized spacial score (nSPS) is 20.9. The van der Waals surface area contributed by atoms with Crippen molar-refractivity contribution in [3.63, 3.8) is 0 Å². The molecule has 1 spiro atoms. The fourth-order valence-electron chi connectivity index (χ4n) is 3.28. The summed E-state index contributed by atoms with van der Waals surface area (Å²) < 4.78 is 37.8. The molecule has 0 amide bonds. The summed E-state index contributed by atoms with van der Waals surface area (Å²) in [5.74, 6) is 0.792. The molecule has 2 aliphatic rings. The Labute approximate surface area is 137 Å². The number of guanidine groups is 1. The molecule has 1 aliphatic carbocycles. The zero-order chi connectivity index (χ0) is 16.5. The number of rotatable bonds is 3. The van der Waals surface area contributed by atoms with Crippen LogP contribution in [0.15, 0.2) is 10.4 Å². The molecule has 1 saturated heterocycles. The lowest BCUT2D eigenvalue weighted by Crippen LogP contribution is -2.42. The van der Waals surface area contributed by atoms with E-state index in [0.717, 1.165) is 42.3 Å². The van der Waals surface area contributed by atoms with Gasteiger partial charge < -0.3 is 10.2 Å². The lowest BCUT2D eigenvalue weighted by Gasteiger charge is -2.38. The highest BCUT2D eigenvalue weighted by molar-refractivity contribution is 7.09. The largest absolute Gasteiger partial charge is 0.434 e. The zero-order valence-corrected chi connectivity index (χ0v) is 13.9. The van der Waals surface area contributed by atoms with Gasteiger partial charge >= 0.3 is 6.18 Å². The highest BCUT2D eigenvalue weighted by Gasteiger charge is 2.43. The Morgan fingerprint density at radius 2 is 2.22 bits per heavy atom. The van der Waals surface area contributed by atoms with E-state index < -0.39 is 11.9 Å². The van der Waals surface area contributed by atoms with E-state index in [9.17, 15) is 13.2 Å². The predicted molar refractivity (Wildman–Crippen MR) is 84.4 cm³/mol. The molecule has 0 atom stereocenters. The molecular weight excluding hydrogens is 325 g/mol. The Morgan fingerprint density at radius 1 is 1.43 bits per heavy atom. The maximum atomic E-state index is 12.6. The first kappa shape index (κ1) is 16.5. The third-order valence-electron chi connectivity index (χ3n) is 4.69. The molecule has 1 aliphatic heterocycles. The van der Waals surface area contributed by atoms with Gasteiger partial charge in [0.15, 0.2) is 11.7 Å². The third kappa shape index (κ3) is 3.62. The maximum Gasteiger partial charge on any atom is 0.434 e. The van der Waals surface area contributed by atoms with Crippen LogP contribution in [0.2, 0.25) is 0 Å². The van der Waals surface area contributed by atoms with E-state index in [1.54, 1.807) is 0 Å². The number of hydrogen-bond acceptors (Lipinski definition) is 3. The molecule has 1 saturated carbocycles.